The average molecular weight is 363 g/mol. The summed E-state index contributed by atoms with van der Waals surface area (Å²) in [5, 5.41) is 6.69. The molecule has 0 aliphatic carbocycles. The highest BCUT2D eigenvalue weighted by Crippen LogP contribution is 2.20. The maximum atomic E-state index is 12.4. The average Bonchev–Trinajstić information content (AvgIpc) is 3.38. The van der Waals surface area contributed by atoms with E-state index in [0.29, 0.717) is 11.6 Å². The lowest BCUT2D eigenvalue weighted by Crippen LogP contribution is -2.25. The molecule has 1 saturated heterocycles. The molecule has 0 spiro atoms. The number of rotatable bonds is 5. The highest BCUT2D eigenvalue weighted by Gasteiger charge is 2.17. The van der Waals surface area contributed by atoms with E-state index < -0.39 is 0 Å². The largest absolute Gasteiger partial charge is 0.357 e. The number of hydrogen-bond donors (Lipinski definition) is 1. The SMILES string of the molecule is Cc1cc(N2CCCC2)nc(CNC(=O)c2cc(-c3ccccc3)on2)n1. The molecule has 0 bridgehead atoms. The smallest absolute Gasteiger partial charge is 0.273 e. The van der Waals surface area contributed by atoms with Crippen molar-refractivity contribution in [3.05, 3.63) is 59.7 Å². The summed E-state index contributed by atoms with van der Waals surface area (Å²) in [6.45, 7) is 4.22. The standard InChI is InChI=1S/C20H21N5O2/c1-14-11-19(25-9-5-6-10-25)23-18(22-14)13-21-20(26)16-12-17(27-24-16)15-7-3-2-4-8-15/h2-4,7-8,11-12H,5-6,9-10,13H2,1H3,(H,21,26). The van der Waals surface area contributed by atoms with E-state index in [4.69, 9.17) is 4.52 Å². The Morgan fingerprint density at radius 3 is 2.70 bits per heavy atom. The van der Waals surface area contributed by atoms with E-state index >= 15 is 0 Å². The van der Waals surface area contributed by atoms with Gasteiger partial charge in [-0.25, -0.2) is 9.97 Å². The summed E-state index contributed by atoms with van der Waals surface area (Å²) in [6, 6.07) is 13.2. The van der Waals surface area contributed by atoms with E-state index in [2.05, 4.69) is 25.3 Å². The zero-order valence-electron chi connectivity index (χ0n) is 15.2. The monoisotopic (exact) mass is 363 g/mol. The molecule has 1 fully saturated rings. The Morgan fingerprint density at radius 2 is 1.93 bits per heavy atom. The van der Waals surface area contributed by atoms with Crippen molar-refractivity contribution in [1.82, 2.24) is 20.4 Å². The number of benzene rings is 1. The van der Waals surface area contributed by atoms with Gasteiger partial charge in [0.2, 0.25) is 0 Å². The molecule has 0 atom stereocenters. The van der Waals surface area contributed by atoms with Crippen LogP contribution in [0.15, 0.2) is 47.0 Å². The summed E-state index contributed by atoms with van der Waals surface area (Å²) in [5.41, 5.74) is 2.01. The number of nitrogens with zero attached hydrogens (tertiary/aromatic N) is 4. The fourth-order valence-electron chi connectivity index (χ4n) is 3.17. The van der Waals surface area contributed by atoms with Gasteiger partial charge in [-0.1, -0.05) is 35.5 Å². The molecular weight excluding hydrogens is 342 g/mol. The fraction of sp³-hybridized carbons (Fsp3) is 0.300. The highest BCUT2D eigenvalue weighted by atomic mass is 16.5. The molecular formula is C20H21N5O2. The minimum Gasteiger partial charge on any atom is -0.357 e. The summed E-state index contributed by atoms with van der Waals surface area (Å²) in [4.78, 5) is 23.7. The van der Waals surface area contributed by atoms with Gasteiger partial charge in [0, 0.05) is 36.5 Å². The topological polar surface area (TPSA) is 84.2 Å². The lowest BCUT2D eigenvalue weighted by molar-refractivity contribution is 0.0941. The van der Waals surface area contributed by atoms with Gasteiger partial charge < -0.3 is 14.7 Å². The van der Waals surface area contributed by atoms with Crippen molar-refractivity contribution in [2.24, 2.45) is 0 Å². The molecule has 1 aromatic carbocycles. The van der Waals surface area contributed by atoms with E-state index in [0.717, 1.165) is 30.2 Å². The Hall–Kier alpha value is -3.22. The first-order valence-corrected chi connectivity index (χ1v) is 9.09. The second-order valence-electron chi connectivity index (χ2n) is 6.60. The van der Waals surface area contributed by atoms with Gasteiger partial charge in [-0.3, -0.25) is 4.79 Å². The van der Waals surface area contributed by atoms with E-state index in [1.54, 1.807) is 6.07 Å². The Morgan fingerprint density at radius 1 is 1.15 bits per heavy atom. The zero-order valence-corrected chi connectivity index (χ0v) is 15.2. The number of carbonyl (C=O) groups excluding carboxylic acids is 1. The number of anilines is 1. The van der Waals surface area contributed by atoms with Crippen LogP contribution in [-0.2, 0) is 6.54 Å². The molecule has 7 heteroatoms. The third-order valence-electron chi connectivity index (χ3n) is 4.53. The van der Waals surface area contributed by atoms with Crippen molar-refractivity contribution < 1.29 is 9.32 Å². The molecule has 1 aliphatic rings. The van der Waals surface area contributed by atoms with Gasteiger partial charge in [-0.05, 0) is 19.8 Å². The summed E-state index contributed by atoms with van der Waals surface area (Å²) in [7, 11) is 0. The van der Waals surface area contributed by atoms with Crippen LogP contribution in [0.3, 0.4) is 0 Å². The van der Waals surface area contributed by atoms with Crippen LogP contribution in [-0.4, -0.2) is 34.1 Å². The second kappa shape index (κ2) is 7.57. The van der Waals surface area contributed by atoms with Gasteiger partial charge in [0.05, 0.1) is 6.54 Å². The number of aromatic nitrogens is 3. The van der Waals surface area contributed by atoms with E-state index in [1.807, 2.05) is 43.3 Å². The molecule has 2 aromatic heterocycles. The number of nitrogens with one attached hydrogen (secondary N) is 1. The van der Waals surface area contributed by atoms with Crippen LogP contribution in [0.1, 0.15) is 34.8 Å². The molecule has 0 radical (unpaired) electrons. The van der Waals surface area contributed by atoms with Gasteiger partial charge in [0.25, 0.3) is 5.91 Å². The minimum atomic E-state index is -0.311. The van der Waals surface area contributed by atoms with E-state index in [9.17, 15) is 4.79 Å². The summed E-state index contributed by atoms with van der Waals surface area (Å²) in [6.07, 6.45) is 2.37. The molecule has 3 aromatic rings. The Kier molecular flexibility index (Phi) is 4.82. The van der Waals surface area contributed by atoms with E-state index in [-0.39, 0.29) is 18.1 Å². The normalized spacial score (nSPS) is 13.7. The van der Waals surface area contributed by atoms with Gasteiger partial charge in [0.1, 0.15) is 11.6 Å². The summed E-state index contributed by atoms with van der Waals surface area (Å²) >= 11 is 0. The first-order chi connectivity index (χ1) is 13.2. The number of amides is 1. The van der Waals surface area contributed by atoms with Crippen LogP contribution in [0, 0.1) is 6.92 Å². The number of aryl methyl sites for hydroxylation is 1. The van der Waals surface area contributed by atoms with Crippen LogP contribution in [0.4, 0.5) is 5.82 Å². The first kappa shape index (κ1) is 17.2. The van der Waals surface area contributed by atoms with E-state index in [1.165, 1.54) is 12.8 Å². The zero-order chi connectivity index (χ0) is 18.6. The van der Waals surface area contributed by atoms with Crippen LogP contribution in [0.25, 0.3) is 11.3 Å². The molecule has 27 heavy (non-hydrogen) atoms. The molecule has 138 valence electrons. The summed E-state index contributed by atoms with van der Waals surface area (Å²) in [5.74, 6) is 1.77. The van der Waals surface area contributed by atoms with Crippen molar-refractivity contribution >= 4 is 11.7 Å². The van der Waals surface area contributed by atoms with Crippen molar-refractivity contribution in [2.75, 3.05) is 18.0 Å². The van der Waals surface area contributed by atoms with Gasteiger partial charge in [0.15, 0.2) is 11.5 Å². The Balaban J connectivity index is 1.43. The third-order valence-corrected chi connectivity index (χ3v) is 4.53. The molecule has 7 nitrogen and oxygen atoms in total. The molecule has 3 heterocycles. The third kappa shape index (κ3) is 3.97. The summed E-state index contributed by atoms with van der Waals surface area (Å²) < 4.78 is 5.28. The van der Waals surface area contributed by atoms with Crippen LogP contribution in [0.2, 0.25) is 0 Å². The molecule has 1 aliphatic heterocycles. The van der Waals surface area contributed by atoms with Gasteiger partial charge in [-0.2, -0.15) is 0 Å². The quantitative estimate of drug-likeness (QED) is 0.750. The predicted octanol–water partition coefficient (Wildman–Crippen LogP) is 2.97. The van der Waals surface area contributed by atoms with Crippen LogP contribution >= 0.6 is 0 Å². The van der Waals surface area contributed by atoms with Crippen molar-refractivity contribution in [2.45, 2.75) is 26.3 Å². The van der Waals surface area contributed by atoms with Gasteiger partial charge in [-0.15, -0.1) is 0 Å². The van der Waals surface area contributed by atoms with Crippen LogP contribution in [0.5, 0.6) is 0 Å². The fourth-order valence-corrected chi connectivity index (χ4v) is 3.17. The lowest BCUT2D eigenvalue weighted by Gasteiger charge is -2.17. The molecule has 0 saturated carbocycles. The van der Waals surface area contributed by atoms with Crippen molar-refractivity contribution in [3.63, 3.8) is 0 Å². The number of hydrogen-bond acceptors (Lipinski definition) is 6. The van der Waals surface area contributed by atoms with Gasteiger partial charge >= 0.3 is 0 Å². The number of carbonyl (C=O) groups is 1. The molecule has 0 unspecified atom stereocenters. The maximum Gasteiger partial charge on any atom is 0.273 e. The first-order valence-electron chi connectivity index (χ1n) is 9.09. The maximum absolute atomic E-state index is 12.4. The highest BCUT2D eigenvalue weighted by molar-refractivity contribution is 5.92. The Labute approximate surface area is 157 Å². The Bertz CT molecular complexity index is 933. The lowest BCUT2D eigenvalue weighted by atomic mass is 10.1. The molecule has 1 N–H and O–H groups in total. The van der Waals surface area contributed by atoms with Crippen LogP contribution < -0.4 is 10.2 Å². The molecule has 1 amide bonds. The second-order valence-corrected chi connectivity index (χ2v) is 6.60. The predicted molar refractivity (Wildman–Crippen MR) is 101 cm³/mol. The minimum absolute atomic E-state index is 0.237. The van der Waals surface area contributed by atoms with Crippen molar-refractivity contribution in [1.29, 1.82) is 0 Å². The van der Waals surface area contributed by atoms with Crippen molar-refractivity contribution in [3.8, 4) is 11.3 Å². The molecule has 4 rings (SSSR count).